The largest absolute Gasteiger partial charge is 0.369 e. The van der Waals surface area contributed by atoms with Gasteiger partial charge in [-0.15, -0.1) is 11.8 Å². The van der Waals surface area contributed by atoms with Crippen LogP contribution in [-0.2, 0) is 9.59 Å². The lowest BCUT2D eigenvalue weighted by Crippen LogP contribution is -2.50. The van der Waals surface area contributed by atoms with Crippen LogP contribution >= 0.6 is 11.8 Å². The van der Waals surface area contributed by atoms with Crippen molar-refractivity contribution in [1.82, 2.24) is 15.1 Å². The molecule has 3 aliphatic heterocycles. The van der Waals surface area contributed by atoms with E-state index >= 15 is 0 Å². The molecule has 164 valence electrons. The molecule has 0 aromatic heterocycles. The van der Waals surface area contributed by atoms with E-state index in [0.717, 1.165) is 50.4 Å². The predicted molar refractivity (Wildman–Crippen MR) is 118 cm³/mol. The second-order valence-corrected chi connectivity index (χ2v) is 10.1. The molecule has 3 atom stereocenters. The van der Waals surface area contributed by atoms with Crippen LogP contribution in [0.5, 0.6) is 0 Å². The number of thioether (sulfide) groups is 1. The first-order valence-electron chi connectivity index (χ1n) is 10.9. The van der Waals surface area contributed by atoms with Gasteiger partial charge in [-0.3, -0.25) is 9.59 Å². The number of likely N-dealkylation sites (N-methyl/N-ethyl adjacent to an activating group) is 1. The lowest BCUT2D eigenvalue weighted by Gasteiger charge is -2.37. The summed E-state index contributed by atoms with van der Waals surface area (Å²) < 4.78 is 14.1. The maximum Gasteiger partial charge on any atom is 0.244 e. The van der Waals surface area contributed by atoms with Crippen LogP contribution in [0.4, 0.5) is 10.1 Å². The van der Waals surface area contributed by atoms with Crippen molar-refractivity contribution >= 4 is 29.3 Å². The van der Waals surface area contributed by atoms with Gasteiger partial charge in [-0.1, -0.05) is 6.92 Å². The molecule has 0 aliphatic carbocycles. The number of piperazine rings is 1. The van der Waals surface area contributed by atoms with Crippen molar-refractivity contribution < 1.29 is 14.0 Å². The summed E-state index contributed by atoms with van der Waals surface area (Å²) in [7, 11) is 0. The zero-order valence-electron chi connectivity index (χ0n) is 18.0. The molecule has 0 bridgehead atoms. The number of benzene rings is 1. The number of carbonyl (C=O) groups excluding carboxylic acids is 2. The minimum absolute atomic E-state index is 0.0514. The minimum atomic E-state index is -0.456. The van der Waals surface area contributed by atoms with Gasteiger partial charge in [0.1, 0.15) is 11.9 Å². The molecule has 30 heavy (non-hydrogen) atoms. The summed E-state index contributed by atoms with van der Waals surface area (Å²) >= 11 is 1.68. The summed E-state index contributed by atoms with van der Waals surface area (Å²) in [5.74, 6) is 0.201. The third kappa shape index (κ3) is 3.91. The fourth-order valence-corrected chi connectivity index (χ4v) is 6.30. The molecule has 0 saturated carbocycles. The van der Waals surface area contributed by atoms with E-state index in [1.165, 1.54) is 12.1 Å². The van der Waals surface area contributed by atoms with Crippen LogP contribution in [0.1, 0.15) is 45.2 Å². The quantitative estimate of drug-likeness (QED) is 0.772. The summed E-state index contributed by atoms with van der Waals surface area (Å²) in [5.41, 5.74) is 1.76. The first kappa shape index (κ1) is 21.4. The van der Waals surface area contributed by atoms with E-state index < -0.39 is 6.04 Å². The van der Waals surface area contributed by atoms with Gasteiger partial charge in [-0.05, 0) is 45.0 Å². The van der Waals surface area contributed by atoms with Crippen molar-refractivity contribution in [2.24, 2.45) is 0 Å². The highest BCUT2D eigenvalue weighted by molar-refractivity contribution is 8.01. The van der Waals surface area contributed by atoms with Crippen molar-refractivity contribution in [3.8, 4) is 0 Å². The van der Waals surface area contributed by atoms with Crippen molar-refractivity contribution in [3.05, 3.63) is 29.6 Å². The molecule has 0 spiro atoms. The highest BCUT2D eigenvalue weighted by atomic mass is 32.2. The maximum absolute atomic E-state index is 14.1. The molecule has 0 radical (unpaired) electrons. The Morgan fingerprint density at radius 2 is 2.07 bits per heavy atom. The van der Waals surface area contributed by atoms with Gasteiger partial charge in [0, 0.05) is 49.6 Å². The lowest BCUT2D eigenvalue weighted by atomic mass is 10.0. The summed E-state index contributed by atoms with van der Waals surface area (Å²) in [6, 6.07) is 4.04. The molecule has 1 aromatic carbocycles. The molecule has 3 aliphatic rings. The Morgan fingerprint density at radius 3 is 2.77 bits per heavy atom. The Bertz CT molecular complexity index is 829. The molecule has 3 unspecified atom stereocenters. The molecule has 8 heteroatoms. The second kappa shape index (κ2) is 8.38. The maximum atomic E-state index is 14.1. The van der Waals surface area contributed by atoms with Crippen LogP contribution in [0, 0.1) is 5.82 Å². The lowest BCUT2D eigenvalue weighted by molar-refractivity contribution is -0.138. The van der Waals surface area contributed by atoms with E-state index in [1.54, 1.807) is 16.7 Å². The van der Waals surface area contributed by atoms with Crippen molar-refractivity contribution in [2.75, 3.05) is 43.4 Å². The number of amides is 2. The van der Waals surface area contributed by atoms with E-state index in [-0.39, 0.29) is 28.5 Å². The number of halogens is 1. The molecule has 3 saturated heterocycles. The first-order valence-corrected chi connectivity index (χ1v) is 11.8. The highest BCUT2D eigenvalue weighted by Crippen LogP contribution is 2.47. The smallest absolute Gasteiger partial charge is 0.244 e. The topological polar surface area (TPSA) is 55.9 Å². The Balaban J connectivity index is 1.49. The van der Waals surface area contributed by atoms with Gasteiger partial charge in [-0.25, -0.2) is 4.39 Å². The fourth-order valence-electron chi connectivity index (χ4n) is 4.87. The Kier molecular flexibility index (Phi) is 5.99. The van der Waals surface area contributed by atoms with Crippen molar-refractivity contribution in [2.45, 2.75) is 50.6 Å². The van der Waals surface area contributed by atoms with Gasteiger partial charge in [0.05, 0.1) is 10.9 Å². The Labute approximate surface area is 182 Å². The number of carbonyl (C=O) groups is 2. The van der Waals surface area contributed by atoms with E-state index in [2.05, 4.69) is 22.0 Å². The van der Waals surface area contributed by atoms with Crippen molar-refractivity contribution in [3.63, 3.8) is 0 Å². The van der Waals surface area contributed by atoms with E-state index in [9.17, 15) is 14.0 Å². The average Bonchev–Trinajstić information content (AvgIpc) is 3.23. The third-order valence-corrected chi connectivity index (χ3v) is 8.23. The standard InChI is InChI=1S/C22H31FN4O2S/c1-4-25-9-11-26(12-10-25)18-6-5-16(23)13-17(18)15(2)24-21(29)19-14-30-22(3)8-7-20(28)27(19)22/h5-6,13,15,19H,4,7-12,14H2,1-3H3,(H,24,29). The number of rotatable bonds is 5. The second-order valence-electron chi connectivity index (χ2n) is 8.62. The van der Waals surface area contributed by atoms with Gasteiger partial charge in [0.2, 0.25) is 11.8 Å². The number of nitrogens with zero attached hydrogens (tertiary/aromatic N) is 3. The van der Waals surface area contributed by atoms with Crippen LogP contribution in [0.15, 0.2) is 18.2 Å². The summed E-state index contributed by atoms with van der Waals surface area (Å²) in [4.78, 5) is 31.6. The zero-order chi connectivity index (χ0) is 21.5. The van der Waals surface area contributed by atoms with Gasteiger partial charge >= 0.3 is 0 Å². The van der Waals surface area contributed by atoms with Gasteiger partial charge in [0.15, 0.2) is 0 Å². The zero-order valence-corrected chi connectivity index (χ0v) is 18.8. The molecule has 3 heterocycles. The average molecular weight is 435 g/mol. The Hall–Kier alpha value is -1.80. The highest BCUT2D eigenvalue weighted by Gasteiger charge is 2.53. The molecule has 4 rings (SSSR count). The van der Waals surface area contributed by atoms with Crippen LogP contribution < -0.4 is 10.2 Å². The van der Waals surface area contributed by atoms with Crippen LogP contribution in [0.3, 0.4) is 0 Å². The van der Waals surface area contributed by atoms with Gasteiger partial charge in [-0.2, -0.15) is 0 Å². The van der Waals surface area contributed by atoms with Crippen LogP contribution in [0.2, 0.25) is 0 Å². The summed E-state index contributed by atoms with van der Waals surface area (Å²) in [5, 5.41) is 3.07. The normalized spacial score (nSPS) is 28.0. The van der Waals surface area contributed by atoms with E-state index in [0.29, 0.717) is 12.2 Å². The first-order chi connectivity index (χ1) is 14.3. The SMILES string of the molecule is CCN1CCN(c2ccc(F)cc2C(C)NC(=O)C2CSC3(C)CCC(=O)N23)CC1. The molecule has 3 fully saturated rings. The number of fused-ring (bicyclic) bond motifs is 1. The fraction of sp³-hybridized carbons (Fsp3) is 0.636. The minimum Gasteiger partial charge on any atom is -0.369 e. The van der Waals surface area contributed by atoms with Crippen LogP contribution in [-0.4, -0.2) is 71.0 Å². The number of nitrogens with one attached hydrogen (secondary N) is 1. The number of hydrogen-bond acceptors (Lipinski definition) is 5. The molecule has 1 aromatic rings. The molecule has 6 nitrogen and oxygen atoms in total. The molecule has 1 N–H and O–H groups in total. The summed E-state index contributed by atoms with van der Waals surface area (Å²) in [6.45, 7) is 10.8. The number of anilines is 1. The van der Waals surface area contributed by atoms with E-state index in [1.807, 2.05) is 19.9 Å². The summed E-state index contributed by atoms with van der Waals surface area (Å²) in [6.07, 6.45) is 1.29. The van der Waals surface area contributed by atoms with E-state index in [4.69, 9.17) is 0 Å². The van der Waals surface area contributed by atoms with Crippen molar-refractivity contribution in [1.29, 1.82) is 0 Å². The number of hydrogen-bond donors (Lipinski definition) is 1. The third-order valence-electron chi connectivity index (χ3n) is 6.72. The molecule has 2 amide bonds. The Morgan fingerprint density at radius 1 is 1.33 bits per heavy atom. The van der Waals surface area contributed by atoms with Gasteiger partial charge in [0.25, 0.3) is 0 Å². The monoisotopic (exact) mass is 434 g/mol. The van der Waals surface area contributed by atoms with Gasteiger partial charge < -0.3 is 20.0 Å². The predicted octanol–water partition coefficient (Wildman–Crippen LogP) is 2.60. The molecular formula is C22H31FN4O2S. The van der Waals surface area contributed by atoms with Crippen LogP contribution in [0.25, 0.3) is 0 Å². The molecular weight excluding hydrogens is 403 g/mol.